The van der Waals surface area contributed by atoms with E-state index in [2.05, 4.69) is 27.4 Å². The Kier molecular flexibility index (Phi) is 5.02. The van der Waals surface area contributed by atoms with Crippen LogP contribution in [0.2, 0.25) is 0 Å². The lowest BCUT2D eigenvalue weighted by molar-refractivity contribution is 0.103. The van der Waals surface area contributed by atoms with E-state index in [1.54, 1.807) is 19.5 Å². The number of anilines is 2. The largest absolute Gasteiger partial charge is 0.378 e. The zero-order chi connectivity index (χ0) is 18.7. The summed E-state index contributed by atoms with van der Waals surface area (Å²) >= 11 is 0. The van der Waals surface area contributed by atoms with E-state index >= 15 is 0 Å². The van der Waals surface area contributed by atoms with Gasteiger partial charge in [0, 0.05) is 62.2 Å². The van der Waals surface area contributed by atoms with E-state index in [9.17, 15) is 4.79 Å². The maximum Gasteiger partial charge on any atom is 0.194 e. The minimum absolute atomic E-state index is 0.0363. The zero-order valence-electron chi connectivity index (χ0n) is 15.3. The van der Waals surface area contributed by atoms with Crippen molar-refractivity contribution in [1.29, 1.82) is 0 Å². The number of fused-ring (bicyclic) bond motifs is 1. The summed E-state index contributed by atoms with van der Waals surface area (Å²) in [4.78, 5) is 19.3. The minimum Gasteiger partial charge on any atom is -0.378 e. The standard InChI is InChI=1S/C20H23N5O/c1-13(10-24-21-2)18-12-23-20-17(18)9-15(11-22-20)19(26)14-5-7-16(8-6-14)25(3)4/h5-11,18,21H,1,12H2,2-4H3,(H,22,23)/b24-10-. The Morgan fingerprint density at radius 2 is 2.08 bits per heavy atom. The lowest BCUT2D eigenvalue weighted by atomic mass is 9.93. The van der Waals surface area contributed by atoms with E-state index in [0.29, 0.717) is 17.7 Å². The van der Waals surface area contributed by atoms with Gasteiger partial charge in [-0.25, -0.2) is 4.98 Å². The SMILES string of the molecule is C=C(/C=N\NC)C1CNc2ncc(C(=O)c3ccc(N(C)C)cc3)cc21. The summed E-state index contributed by atoms with van der Waals surface area (Å²) < 4.78 is 0. The topological polar surface area (TPSA) is 69.6 Å². The predicted molar refractivity (Wildman–Crippen MR) is 106 cm³/mol. The van der Waals surface area contributed by atoms with E-state index in [4.69, 9.17) is 0 Å². The fourth-order valence-electron chi connectivity index (χ4n) is 2.97. The molecule has 0 saturated carbocycles. The molecule has 0 spiro atoms. The second-order valence-corrected chi connectivity index (χ2v) is 6.42. The first kappa shape index (κ1) is 17.7. The van der Waals surface area contributed by atoms with Gasteiger partial charge in [0.15, 0.2) is 5.78 Å². The average molecular weight is 349 g/mol. The number of ketones is 1. The Balaban J connectivity index is 1.87. The fraction of sp³-hybridized carbons (Fsp3) is 0.250. The number of rotatable bonds is 6. The van der Waals surface area contributed by atoms with Crippen LogP contribution in [0, 0.1) is 0 Å². The van der Waals surface area contributed by atoms with E-state index in [0.717, 1.165) is 22.6 Å². The highest BCUT2D eigenvalue weighted by Crippen LogP contribution is 2.34. The van der Waals surface area contributed by atoms with Crippen molar-refractivity contribution in [3.8, 4) is 0 Å². The van der Waals surface area contributed by atoms with Crippen molar-refractivity contribution in [2.45, 2.75) is 5.92 Å². The van der Waals surface area contributed by atoms with Gasteiger partial charge in [-0.3, -0.25) is 4.79 Å². The molecule has 0 amide bonds. The second kappa shape index (κ2) is 7.39. The predicted octanol–water partition coefficient (Wildman–Crippen LogP) is 2.65. The van der Waals surface area contributed by atoms with Gasteiger partial charge < -0.3 is 15.6 Å². The fourth-order valence-corrected chi connectivity index (χ4v) is 2.97. The minimum atomic E-state index is -0.0363. The molecule has 0 saturated heterocycles. The molecule has 26 heavy (non-hydrogen) atoms. The van der Waals surface area contributed by atoms with Crippen LogP contribution in [0.5, 0.6) is 0 Å². The molecule has 6 heteroatoms. The van der Waals surface area contributed by atoms with E-state index in [-0.39, 0.29) is 11.7 Å². The van der Waals surface area contributed by atoms with Crippen molar-refractivity contribution < 1.29 is 4.79 Å². The molecule has 3 rings (SSSR count). The molecule has 6 nitrogen and oxygen atoms in total. The molecular weight excluding hydrogens is 326 g/mol. The van der Waals surface area contributed by atoms with Crippen LogP contribution < -0.4 is 15.6 Å². The third-order valence-electron chi connectivity index (χ3n) is 4.48. The van der Waals surface area contributed by atoms with Crippen molar-refractivity contribution >= 4 is 23.5 Å². The number of carbonyl (C=O) groups is 1. The zero-order valence-corrected chi connectivity index (χ0v) is 15.3. The molecule has 1 unspecified atom stereocenters. The Morgan fingerprint density at radius 1 is 1.35 bits per heavy atom. The summed E-state index contributed by atoms with van der Waals surface area (Å²) in [7, 11) is 5.68. The van der Waals surface area contributed by atoms with Crippen LogP contribution in [0.1, 0.15) is 27.4 Å². The number of nitrogens with one attached hydrogen (secondary N) is 2. The molecule has 0 fully saturated rings. The number of benzene rings is 1. The molecule has 0 aliphatic carbocycles. The number of hydrazone groups is 1. The molecular formula is C20H23N5O. The number of nitrogens with zero attached hydrogens (tertiary/aromatic N) is 3. The average Bonchev–Trinajstić information content (AvgIpc) is 3.08. The Morgan fingerprint density at radius 3 is 2.73 bits per heavy atom. The molecule has 1 aromatic heterocycles. The quantitative estimate of drug-likeness (QED) is 0.477. The summed E-state index contributed by atoms with van der Waals surface area (Å²) in [6.45, 7) is 4.79. The highest BCUT2D eigenvalue weighted by molar-refractivity contribution is 6.09. The van der Waals surface area contributed by atoms with Gasteiger partial charge in [-0.1, -0.05) is 6.58 Å². The van der Waals surface area contributed by atoms with Gasteiger partial charge in [-0.05, 0) is 35.9 Å². The van der Waals surface area contributed by atoms with Crippen molar-refractivity contribution in [3.05, 3.63) is 65.4 Å². The molecule has 2 N–H and O–H groups in total. The van der Waals surface area contributed by atoms with Gasteiger partial charge >= 0.3 is 0 Å². The van der Waals surface area contributed by atoms with Gasteiger partial charge in [-0.15, -0.1) is 0 Å². The number of aromatic nitrogens is 1. The van der Waals surface area contributed by atoms with Crippen molar-refractivity contribution in [1.82, 2.24) is 10.4 Å². The number of carbonyl (C=O) groups excluding carboxylic acids is 1. The highest BCUT2D eigenvalue weighted by Gasteiger charge is 2.26. The van der Waals surface area contributed by atoms with Gasteiger partial charge in [-0.2, -0.15) is 5.10 Å². The van der Waals surface area contributed by atoms with E-state index < -0.39 is 0 Å². The van der Waals surface area contributed by atoms with Gasteiger partial charge in [0.2, 0.25) is 0 Å². The third kappa shape index (κ3) is 3.44. The van der Waals surface area contributed by atoms with E-state index in [1.165, 1.54) is 0 Å². The number of pyridine rings is 1. The van der Waals surface area contributed by atoms with Crippen LogP contribution in [0.15, 0.2) is 53.8 Å². The first-order valence-electron chi connectivity index (χ1n) is 8.45. The number of hydrogen-bond donors (Lipinski definition) is 2. The van der Waals surface area contributed by atoms with Gasteiger partial charge in [0.25, 0.3) is 0 Å². The molecule has 0 bridgehead atoms. The van der Waals surface area contributed by atoms with Crippen LogP contribution in [0.3, 0.4) is 0 Å². The lowest BCUT2D eigenvalue weighted by Crippen LogP contribution is -2.09. The molecule has 1 atom stereocenters. The molecule has 1 aliphatic heterocycles. The van der Waals surface area contributed by atoms with Gasteiger partial charge in [0.05, 0.1) is 6.21 Å². The Labute approximate surface area is 153 Å². The van der Waals surface area contributed by atoms with Crippen LogP contribution in [-0.2, 0) is 0 Å². The Hall–Kier alpha value is -3.15. The van der Waals surface area contributed by atoms with Crippen molar-refractivity contribution in [2.75, 3.05) is 37.9 Å². The van der Waals surface area contributed by atoms with Crippen molar-refractivity contribution in [3.63, 3.8) is 0 Å². The van der Waals surface area contributed by atoms with Gasteiger partial charge in [0.1, 0.15) is 5.82 Å². The monoisotopic (exact) mass is 349 g/mol. The van der Waals surface area contributed by atoms with Crippen molar-refractivity contribution in [2.24, 2.45) is 5.10 Å². The second-order valence-electron chi connectivity index (χ2n) is 6.42. The van der Waals surface area contributed by atoms with E-state index in [1.807, 2.05) is 49.3 Å². The molecule has 1 aromatic carbocycles. The summed E-state index contributed by atoms with van der Waals surface area (Å²) in [6.07, 6.45) is 3.33. The molecule has 1 aliphatic rings. The van der Waals surface area contributed by atoms with Crippen LogP contribution >= 0.6 is 0 Å². The maximum atomic E-state index is 12.8. The summed E-state index contributed by atoms with van der Waals surface area (Å²) in [5, 5.41) is 7.29. The maximum absolute atomic E-state index is 12.8. The first-order valence-corrected chi connectivity index (χ1v) is 8.45. The molecule has 0 radical (unpaired) electrons. The third-order valence-corrected chi connectivity index (χ3v) is 4.48. The van der Waals surface area contributed by atoms with Crippen LogP contribution in [0.25, 0.3) is 0 Å². The highest BCUT2D eigenvalue weighted by atomic mass is 16.1. The van der Waals surface area contributed by atoms with Crippen LogP contribution in [0.4, 0.5) is 11.5 Å². The summed E-state index contributed by atoms with van der Waals surface area (Å²) in [5.74, 6) is 0.817. The summed E-state index contributed by atoms with van der Waals surface area (Å²) in [5.41, 5.74) is 6.85. The normalized spacial score (nSPS) is 15.4. The molecule has 134 valence electrons. The van der Waals surface area contributed by atoms with Crippen LogP contribution in [-0.4, -0.2) is 44.7 Å². The Bertz CT molecular complexity index is 855. The first-order chi connectivity index (χ1) is 12.5. The number of hydrogen-bond acceptors (Lipinski definition) is 6. The summed E-state index contributed by atoms with van der Waals surface area (Å²) in [6, 6.07) is 9.48. The molecule has 2 heterocycles. The lowest BCUT2D eigenvalue weighted by Gasteiger charge is -2.13. The smallest absolute Gasteiger partial charge is 0.194 e. The molecule has 2 aromatic rings.